The van der Waals surface area contributed by atoms with Crippen molar-refractivity contribution in [3.8, 4) is 0 Å². The van der Waals surface area contributed by atoms with Crippen LogP contribution in [0.3, 0.4) is 0 Å². The maximum Gasteiger partial charge on any atom is 0.335 e. The first-order valence-corrected chi connectivity index (χ1v) is 20.7. The van der Waals surface area contributed by atoms with Gasteiger partial charge in [-0.15, -0.1) is 0 Å². The second-order valence-corrected chi connectivity index (χ2v) is 14.5. The zero-order valence-electron chi connectivity index (χ0n) is 32.6. The highest BCUT2D eigenvalue weighted by atomic mass is 16.7. The van der Waals surface area contributed by atoms with Crippen LogP contribution in [0.15, 0.2) is 12.2 Å². The number of allylic oxidation sites excluding steroid dienone is 2. The fourth-order valence-electron chi connectivity index (χ4n) is 6.28. The van der Waals surface area contributed by atoms with Gasteiger partial charge < -0.3 is 39.4 Å². The Hall–Kier alpha value is -2.05. The van der Waals surface area contributed by atoms with Gasteiger partial charge in [-0.2, -0.15) is 0 Å². The molecule has 1 rings (SSSR count). The molecule has 0 aromatic rings. The van der Waals surface area contributed by atoms with Gasteiger partial charge in [-0.05, 0) is 38.5 Å². The molecule has 6 unspecified atom stereocenters. The van der Waals surface area contributed by atoms with Gasteiger partial charge in [-0.3, -0.25) is 9.59 Å². The number of hydrogen-bond acceptors (Lipinski definition) is 10. The van der Waals surface area contributed by atoms with E-state index in [4.69, 9.17) is 18.9 Å². The van der Waals surface area contributed by atoms with Crippen LogP contribution < -0.4 is 0 Å². The second kappa shape index (κ2) is 32.4. The number of aliphatic hydroxyl groups excluding tert-OH is 3. The number of rotatable bonds is 34. The average molecular weight is 743 g/mol. The topological polar surface area (TPSA) is 169 Å². The summed E-state index contributed by atoms with van der Waals surface area (Å²) in [5.74, 6) is -2.45. The number of aliphatic carboxylic acids is 1. The number of carbonyl (C=O) groups excluding carboxylic acids is 2. The quantitative estimate of drug-likeness (QED) is 0.0286. The Morgan fingerprint density at radius 1 is 0.577 bits per heavy atom. The van der Waals surface area contributed by atoms with E-state index in [9.17, 15) is 34.8 Å². The Kier molecular flexibility index (Phi) is 29.9. The van der Waals surface area contributed by atoms with Crippen molar-refractivity contribution in [1.82, 2.24) is 0 Å². The Bertz CT molecular complexity index is 926. The highest BCUT2D eigenvalue weighted by Gasteiger charge is 2.47. The number of carboxylic acids is 1. The van der Waals surface area contributed by atoms with Crippen LogP contribution in [0, 0.1) is 0 Å². The van der Waals surface area contributed by atoms with Gasteiger partial charge in [0, 0.05) is 12.8 Å². The third kappa shape index (κ3) is 24.3. The molecule has 0 aromatic carbocycles. The summed E-state index contributed by atoms with van der Waals surface area (Å²) in [5.41, 5.74) is 0. The summed E-state index contributed by atoms with van der Waals surface area (Å²) in [7, 11) is 0. The fourth-order valence-corrected chi connectivity index (χ4v) is 6.28. The van der Waals surface area contributed by atoms with Crippen LogP contribution >= 0.6 is 0 Å². The molecule has 0 aromatic heterocycles. The molecule has 11 heteroatoms. The third-order valence-corrected chi connectivity index (χ3v) is 9.61. The van der Waals surface area contributed by atoms with Crippen molar-refractivity contribution in [3.63, 3.8) is 0 Å². The summed E-state index contributed by atoms with van der Waals surface area (Å²) in [4.78, 5) is 36.6. The number of esters is 2. The minimum absolute atomic E-state index is 0.185. The number of aliphatic hydroxyl groups is 3. The molecule has 4 N–H and O–H groups in total. The lowest BCUT2D eigenvalue weighted by Gasteiger charge is -2.38. The highest BCUT2D eigenvalue weighted by molar-refractivity contribution is 5.73. The average Bonchev–Trinajstić information content (AvgIpc) is 3.12. The van der Waals surface area contributed by atoms with Crippen LogP contribution in [-0.4, -0.2) is 88.4 Å². The third-order valence-electron chi connectivity index (χ3n) is 9.61. The molecular weight excluding hydrogens is 668 g/mol. The molecule has 0 spiro atoms. The van der Waals surface area contributed by atoms with Crippen LogP contribution in [-0.2, 0) is 33.3 Å². The first-order chi connectivity index (χ1) is 25.2. The summed E-state index contributed by atoms with van der Waals surface area (Å²) in [6.07, 6.45) is 22.8. The fraction of sp³-hybridized carbons (Fsp3) is 0.878. The summed E-state index contributed by atoms with van der Waals surface area (Å²) >= 11 is 0. The molecule has 52 heavy (non-hydrogen) atoms. The van der Waals surface area contributed by atoms with E-state index >= 15 is 0 Å². The maximum absolute atomic E-state index is 12.7. The number of carbonyl (C=O) groups is 3. The van der Waals surface area contributed by atoms with Gasteiger partial charge in [-0.1, -0.05) is 142 Å². The van der Waals surface area contributed by atoms with Gasteiger partial charge in [0.2, 0.25) is 0 Å². The zero-order chi connectivity index (χ0) is 38.2. The lowest BCUT2D eigenvalue weighted by Crippen LogP contribution is -2.60. The monoisotopic (exact) mass is 743 g/mol. The van der Waals surface area contributed by atoms with E-state index in [2.05, 4.69) is 26.0 Å². The standard InChI is InChI=1S/C41H74O11/c1-3-5-7-9-11-13-14-15-16-17-18-19-20-22-23-25-27-29-34(42)49-31-33(51-35(43)30-28-26-24-21-12-10-8-6-4-2)32-50-41-38(46)36(44)37(45)39(52-41)40(47)48/h15-16,33,36-39,41,44-46H,3-14,17-32H2,1-2H3,(H,47,48)/b16-15-. The van der Waals surface area contributed by atoms with Crippen LogP contribution in [0.25, 0.3) is 0 Å². The predicted octanol–water partition coefficient (Wildman–Crippen LogP) is 8.09. The normalized spacial score (nSPS) is 21.0. The van der Waals surface area contributed by atoms with Crippen molar-refractivity contribution in [3.05, 3.63) is 12.2 Å². The van der Waals surface area contributed by atoms with Gasteiger partial charge >= 0.3 is 17.9 Å². The number of hydrogen-bond donors (Lipinski definition) is 4. The Morgan fingerprint density at radius 3 is 1.50 bits per heavy atom. The molecule has 0 saturated carbocycles. The summed E-state index contributed by atoms with van der Waals surface area (Å²) in [5, 5.41) is 39.6. The van der Waals surface area contributed by atoms with Gasteiger partial charge in [0.05, 0.1) is 6.61 Å². The van der Waals surface area contributed by atoms with E-state index < -0.39 is 54.7 Å². The van der Waals surface area contributed by atoms with Crippen molar-refractivity contribution in [1.29, 1.82) is 0 Å². The Morgan fingerprint density at radius 2 is 1.02 bits per heavy atom. The number of carboxylic acid groups (broad SMARTS) is 1. The Balaban J connectivity index is 2.36. The van der Waals surface area contributed by atoms with Gasteiger partial charge in [-0.25, -0.2) is 4.79 Å². The van der Waals surface area contributed by atoms with Crippen molar-refractivity contribution in [2.24, 2.45) is 0 Å². The maximum atomic E-state index is 12.7. The predicted molar refractivity (Wildman–Crippen MR) is 202 cm³/mol. The van der Waals surface area contributed by atoms with E-state index in [0.29, 0.717) is 12.8 Å². The van der Waals surface area contributed by atoms with E-state index in [-0.39, 0.29) is 26.1 Å². The molecule has 1 aliphatic rings. The molecule has 6 atom stereocenters. The largest absolute Gasteiger partial charge is 0.479 e. The molecule has 0 amide bonds. The minimum atomic E-state index is -1.86. The zero-order valence-corrected chi connectivity index (χ0v) is 32.6. The molecule has 1 saturated heterocycles. The van der Waals surface area contributed by atoms with Gasteiger partial charge in [0.25, 0.3) is 0 Å². The molecule has 1 fully saturated rings. The summed E-state index contributed by atoms with van der Waals surface area (Å²) < 4.78 is 21.6. The molecule has 11 nitrogen and oxygen atoms in total. The first kappa shape index (κ1) is 48.0. The van der Waals surface area contributed by atoms with Crippen molar-refractivity contribution in [2.45, 2.75) is 218 Å². The molecule has 0 bridgehead atoms. The van der Waals surface area contributed by atoms with Gasteiger partial charge in [0.15, 0.2) is 18.5 Å². The van der Waals surface area contributed by atoms with Crippen molar-refractivity contribution < 1.29 is 53.8 Å². The molecule has 0 aliphatic carbocycles. The molecule has 1 heterocycles. The molecular formula is C41H74O11. The van der Waals surface area contributed by atoms with E-state index in [1.807, 2.05) is 0 Å². The van der Waals surface area contributed by atoms with E-state index in [1.165, 1.54) is 96.3 Å². The second-order valence-electron chi connectivity index (χ2n) is 14.5. The molecule has 304 valence electrons. The van der Waals surface area contributed by atoms with Gasteiger partial charge in [0.1, 0.15) is 24.9 Å². The summed E-state index contributed by atoms with van der Waals surface area (Å²) in [6, 6.07) is 0. The lowest BCUT2D eigenvalue weighted by molar-refractivity contribution is -0.298. The van der Waals surface area contributed by atoms with Crippen molar-refractivity contribution >= 4 is 17.9 Å². The van der Waals surface area contributed by atoms with Crippen LogP contribution in [0.5, 0.6) is 0 Å². The SMILES string of the molecule is CCCCCCCC/C=C\CCCCCCCCCC(=O)OCC(COC1OC(C(=O)O)C(O)C(O)C1O)OC(=O)CCCCCCCCCCC. The number of unbranched alkanes of at least 4 members (excludes halogenated alkanes) is 21. The molecule has 0 radical (unpaired) electrons. The van der Waals surface area contributed by atoms with Crippen LogP contribution in [0.2, 0.25) is 0 Å². The number of ether oxygens (including phenoxy) is 4. The Labute approximate surface area is 314 Å². The first-order valence-electron chi connectivity index (χ1n) is 20.7. The minimum Gasteiger partial charge on any atom is -0.479 e. The van der Waals surface area contributed by atoms with Crippen molar-refractivity contribution in [2.75, 3.05) is 13.2 Å². The smallest absolute Gasteiger partial charge is 0.335 e. The highest BCUT2D eigenvalue weighted by Crippen LogP contribution is 2.23. The van der Waals surface area contributed by atoms with E-state index in [0.717, 1.165) is 44.9 Å². The van der Waals surface area contributed by atoms with Crippen LogP contribution in [0.1, 0.15) is 181 Å². The van der Waals surface area contributed by atoms with Crippen LogP contribution in [0.4, 0.5) is 0 Å². The van der Waals surface area contributed by atoms with E-state index in [1.54, 1.807) is 0 Å². The lowest BCUT2D eigenvalue weighted by atomic mass is 9.99. The molecule has 1 aliphatic heterocycles. The summed E-state index contributed by atoms with van der Waals surface area (Å²) in [6.45, 7) is 3.77.